The van der Waals surface area contributed by atoms with Crippen LogP contribution in [0.4, 0.5) is 0 Å². The number of nitrogens with one attached hydrogen (secondary N) is 1. The molecule has 3 N–H and O–H groups in total. The molecule has 2 aromatic heterocycles. The van der Waals surface area contributed by atoms with Gasteiger partial charge in [0.05, 0.1) is 28.7 Å². The smallest absolute Gasteiger partial charge is 0.244 e. The summed E-state index contributed by atoms with van der Waals surface area (Å²) in [4.78, 5) is 1.01. The molecule has 26 heavy (non-hydrogen) atoms. The van der Waals surface area contributed by atoms with E-state index >= 15 is 0 Å². The minimum absolute atomic E-state index is 0.0699. The molecular formula is C19H16N4O2S. The lowest BCUT2D eigenvalue weighted by atomic mass is 9.83. The minimum atomic E-state index is -0.414. The first-order chi connectivity index (χ1) is 12.7. The van der Waals surface area contributed by atoms with Gasteiger partial charge in [-0.25, -0.2) is 0 Å². The monoisotopic (exact) mass is 364 g/mol. The van der Waals surface area contributed by atoms with Gasteiger partial charge in [-0.3, -0.25) is 5.10 Å². The van der Waals surface area contributed by atoms with E-state index < -0.39 is 5.92 Å². The van der Waals surface area contributed by atoms with Crippen LogP contribution in [-0.4, -0.2) is 16.8 Å². The normalized spacial score (nSPS) is 15.9. The molecular weight excluding hydrogens is 348 g/mol. The highest BCUT2D eigenvalue weighted by Gasteiger charge is 2.37. The van der Waals surface area contributed by atoms with E-state index in [1.165, 1.54) is 0 Å². The van der Waals surface area contributed by atoms with E-state index in [1.54, 1.807) is 11.3 Å². The Morgan fingerprint density at radius 1 is 1.35 bits per heavy atom. The van der Waals surface area contributed by atoms with Crippen LogP contribution >= 0.6 is 11.3 Å². The van der Waals surface area contributed by atoms with Crippen LogP contribution in [0.25, 0.3) is 10.6 Å². The third-order valence-corrected chi connectivity index (χ3v) is 5.12. The molecule has 4 rings (SSSR count). The second kappa shape index (κ2) is 6.58. The first kappa shape index (κ1) is 16.2. The van der Waals surface area contributed by atoms with E-state index in [9.17, 15) is 5.26 Å². The summed E-state index contributed by atoms with van der Waals surface area (Å²) in [5.74, 6) is 0.760. The van der Waals surface area contributed by atoms with Crippen molar-refractivity contribution in [3.8, 4) is 28.3 Å². The molecule has 130 valence electrons. The number of nitrogens with two attached hydrogens (primary N) is 1. The van der Waals surface area contributed by atoms with Gasteiger partial charge in [-0.05, 0) is 24.4 Å². The fraction of sp³-hybridized carbons (Fsp3) is 0.158. The van der Waals surface area contributed by atoms with Crippen molar-refractivity contribution in [2.45, 2.75) is 12.8 Å². The molecule has 1 atom stereocenters. The molecule has 0 unspecified atom stereocenters. The molecule has 1 aliphatic rings. The second-order valence-electron chi connectivity index (χ2n) is 5.69. The van der Waals surface area contributed by atoms with Crippen LogP contribution < -0.4 is 15.2 Å². The molecule has 0 radical (unpaired) electrons. The Labute approximate surface area is 154 Å². The zero-order valence-electron chi connectivity index (χ0n) is 14.0. The van der Waals surface area contributed by atoms with Gasteiger partial charge in [-0.15, -0.1) is 16.4 Å². The second-order valence-corrected chi connectivity index (χ2v) is 6.64. The van der Waals surface area contributed by atoms with Crippen molar-refractivity contribution < 1.29 is 9.47 Å². The SMILES string of the molecule is CCOc1ccccc1[C@H]1C(C#N)=C(N)Oc2n[nH]c(-c3cccs3)c21. The topological polar surface area (TPSA) is 96.9 Å². The predicted octanol–water partition coefficient (Wildman–Crippen LogP) is 3.76. The average molecular weight is 364 g/mol. The van der Waals surface area contributed by atoms with E-state index in [1.807, 2.05) is 48.7 Å². The minimum Gasteiger partial charge on any atom is -0.494 e. The zero-order chi connectivity index (χ0) is 18.1. The van der Waals surface area contributed by atoms with E-state index in [4.69, 9.17) is 15.2 Å². The lowest BCUT2D eigenvalue weighted by Gasteiger charge is -2.25. The Hall–Kier alpha value is -3.24. The first-order valence-corrected chi connectivity index (χ1v) is 9.04. The molecule has 0 saturated carbocycles. The summed E-state index contributed by atoms with van der Waals surface area (Å²) in [7, 11) is 0. The summed E-state index contributed by atoms with van der Waals surface area (Å²) in [6.45, 7) is 2.45. The maximum atomic E-state index is 9.76. The van der Waals surface area contributed by atoms with Crippen molar-refractivity contribution in [2.75, 3.05) is 6.61 Å². The molecule has 0 spiro atoms. The van der Waals surface area contributed by atoms with Crippen molar-refractivity contribution in [2.24, 2.45) is 5.73 Å². The Bertz CT molecular complexity index is 1010. The standard InChI is InChI=1S/C19H16N4O2S/c1-2-24-13-7-4-3-6-11(13)15-12(10-20)18(21)25-19-16(15)17(22-23-19)14-8-5-9-26-14/h3-9,15H,2,21H2,1H3,(H,22,23)/t15-/m0/s1. The van der Waals surface area contributed by atoms with Crippen LogP contribution in [0.15, 0.2) is 53.2 Å². The van der Waals surface area contributed by atoms with Gasteiger partial charge >= 0.3 is 0 Å². The number of ether oxygens (including phenoxy) is 2. The van der Waals surface area contributed by atoms with Crippen LogP contribution in [0.5, 0.6) is 11.6 Å². The number of benzene rings is 1. The highest BCUT2D eigenvalue weighted by atomic mass is 32.1. The number of aromatic nitrogens is 2. The van der Waals surface area contributed by atoms with Gasteiger partial charge in [0.25, 0.3) is 0 Å². The summed E-state index contributed by atoms with van der Waals surface area (Å²) < 4.78 is 11.4. The fourth-order valence-corrected chi connectivity index (χ4v) is 3.90. The molecule has 1 aliphatic heterocycles. The lowest BCUT2D eigenvalue weighted by Crippen LogP contribution is -2.21. The first-order valence-electron chi connectivity index (χ1n) is 8.16. The number of hydrogen-bond donors (Lipinski definition) is 2. The predicted molar refractivity (Wildman–Crippen MR) is 98.8 cm³/mol. The zero-order valence-corrected chi connectivity index (χ0v) is 14.8. The van der Waals surface area contributed by atoms with Gasteiger partial charge in [0, 0.05) is 5.56 Å². The van der Waals surface area contributed by atoms with Crippen molar-refractivity contribution >= 4 is 11.3 Å². The molecule has 0 aliphatic carbocycles. The van der Waals surface area contributed by atoms with E-state index in [0.717, 1.165) is 21.7 Å². The quantitative estimate of drug-likeness (QED) is 0.735. The molecule has 3 heterocycles. The maximum absolute atomic E-state index is 9.76. The number of allylic oxidation sites excluding steroid dienone is 1. The Balaban J connectivity index is 1.97. The van der Waals surface area contributed by atoms with Gasteiger partial charge in [0.2, 0.25) is 11.8 Å². The molecule has 6 nitrogen and oxygen atoms in total. The number of H-pyrrole nitrogens is 1. The summed E-state index contributed by atoms with van der Waals surface area (Å²) in [6.07, 6.45) is 0. The van der Waals surface area contributed by atoms with Gasteiger partial charge in [-0.2, -0.15) is 5.26 Å². The third kappa shape index (κ3) is 2.52. The van der Waals surface area contributed by atoms with Gasteiger partial charge in [0.1, 0.15) is 17.4 Å². The van der Waals surface area contributed by atoms with E-state index in [0.29, 0.717) is 23.8 Å². The Kier molecular flexibility index (Phi) is 4.11. The van der Waals surface area contributed by atoms with Crippen LogP contribution in [0.1, 0.15) is 24.0 Å². The van der Waals surface area contributed by atoms with Crippen LogP contribution in [0.3, 0.4) is 0 Å². The molecule has 0 saturated heterocycles. The molecule has 1 aromatic carbocycles. The number of aromatic amines is 1. The Morgan fingerprint density at radius 2 is 2.19 bits per heavy atom. The number of thiophene rings is 1. The summed E-state index contributed by atoms with van der Waals surface area (Å²) in [5.41, 5.74) is 8.86. The van der Waals surface area contributed by atoms with Crippen molar-refractivity contribution in [3.05, 3.63) is 64.4 Å². The summed E-state index contributed by atoms with van der Waals surface area (Å²) in [6, 6.07) is 13.8. The van der Waals surface area contributed by atoms with Gasteiger partial charge in [-0.1, -0.05) is 24.3 Å². The molecule has 0 fully saturated rings. The highest BCUT2D eigenvalue weighted by molar-refractivity contribution is 7.13. The molecule has 7 heteroatoms. The number of fused-ring (bicyclic) bond motifs is 1. The largest absolute Gasteiger partial charge is 0.494 e. The van der Waals surface area contributed by atoms with E-state index in [-0.39, 0.29) is 5.88 Å². The lowest BCUT2D eigenvalue weighted by molar-refractivity contribution is 0.334. The van der Waals surface area contributed by atoms with Gasteiger partial charge in [0.15, 0.2) is 0 Å². The van der Waals surface area contributed by atoms with Crippen molar-refractivity contribution in [1.82, 2.24) is 10.2 Å². The van der Waals surface area contributed by atoms with Crippen molar-refractivity contribution in [3.63, 3.8) is 0 Å². The molecule has 0 amide bonds. The third-order valence-electron chi connectivity index (χ3n) is 4.24. The van der Waals surface area contributed by atoms with Crippen LogP contribution in [0, 0.1) is 11.3 Å². The Morgan fingerprint density at radius 3 is 2.92 bits per heavy atom. The number of rotatable bonds is 4. The summed E-state index contributed by atoms with van der Waals surface area (Å²) >= 11 is 1.59. The van der Waals surface area contributed by atoms with Crippen molar-refractivity contribution in [1.29, 1.82) is 5.26 Å². The average Bonchev–Trinajstić information content (AvgIpc) is 3.30. The number of nitriles is 1. The number of para-hydroxylation sites is 1. The number of hydrogen-bond acceptors (Lipinski definition) is 6. The molecule has 3 aromatic rings. The molecule has 0 bridgehead atoms. The fourth-order valence-electron chi connectivity index (χ4n) is 3.17. The highest BCUT2D eigenvalue weighted by Crippen LogP contribution is 2.48. The van der Waals surface area contributed by atoms with Crippen LogP contribution in [0.2, 0.25) is 0 Å². The van der Waals surface area contributed by atoms with Gasteiger partial charge < -0.3 is 15.2 Å². The van der Waals surface area contributed by atoms with E-state index in [2.05, 4.69) is 16.3 Å². The summed E-state index contributed by atoms with van der Waals surface area (Å²) in [5, 5.41) is 19.1. The maximum Gasteiger partial charge on any atom is 0.244 e. The van der Waals surface area contributed by atoms with Crippen LogP contribution in [-0.2, 0) is 0 Å². The number of nitrogens with zero attached hydrogens (tertiary/aromatic N) is 2.